The molecule has 0 aliphatic heterocycles. The Hall–Kier alpha value is -0.680. The first kappa shape index (κ1) is 12.4. The highest BCUT2D eigenvalue weighted by atomic mass is 32.1. The fraction of sp³-hybridized carbons (Fsp3) is 0.800. The van der Waals surface area contributed by atoms with E-state index in [1.165, 1.54) is 6.42 Å². The lowest BCUT2D eigenvalue weighted by atomic mass is 10.3. The summed E-state index contributed by atoms with van der Waals surface area (Å²) in [6, 6.07) is 0. The number of rotatable bonds is 6. The molecule has 1 heterocycles. The van der Waals surface area contributed by atoms with E-state index in [1.807, 2.05) is 0 Å². The second-order valence-electron chi connectivity index (χ2n) is 3.96. The zero-order chi connectivity index (χ0) is 11.3. The van der Waals surface area contributed by atoms with Gasteiger partial charge >= 0.3 is 0 Å². The highest BCUT2D eigenvalue weighted by Crippen LogP contribution is 2.02. The lowest BCUT2D eigenvalue weighted by Gasteiger charge is -2.09. The van der Waals surface area contributed by atoms with E-state index >= 15 is 0 Å². The van der Waals surface area contributed by atoms with Crippen LogP contribution in [0.3, 0.4) is 0 Å². The average molecular weight is 228 g/mol. The van der Waals surface area contributed by atoms with E-state index in [0.717, 1.165) is 36.5 Å². The fourth-order valence-electron chi connectivity index (χ4n) is 1.55. The number of hydrogen-bond donors (Lipinski definition) is 1. The Morgan fingerprint density at radius 2 is 2.13 bits per heavy atom. The van der Waals surface area contributed by atoms with E-state index in [9.17, 15) is 0 Å². The summed E-state index contributed by atoms with van der Waals surface area (Å²) >= 11 is 5.17. The monoisotopic (exact) mass is 228 g/mol. The maximum absolute atomic E-state index is 5.17. The number of hydrogen-bond acceptors (Lipinski definition) is 3. The summed E-state index contributed by atoms with van der Waals surface area (Å²) in [6.45, 7) is 4.21. The highest BCUT2D eigenvalue weighted by molar-refractivity contribution is 7.71. The van der Waals surface area contributed by atoms with Crippen molar-refractivity contribution in [1.82, 2.24) is 19.7 Å². The molecule has 0 bridgehead atoms. The molecule has 0 fully saturated rings. The molecule has 0 aliphatic carbocycles. The SMILES string of the molecule is CCc1n[nH]c(=S)n1CCCCN(C)C. The van der Waals surface area contributed by atoms with E-state index < -0.39 is 0 Å². The third-order valence-electron chi connectivity index (χ3n) is 2.39. The van der Waals surface area contributed by atoms with Crippen molar-refractivity contribution >= 4 is 12.2 Å². The highest BCUT2D eigenvalue weighted by Gasteiger charge is 2.02. The van der Waals surface area contributed by atoms with Crippen molar-refractivity contribution in [3.63, 3.8) is 0 Å². The lowest BCUT2D eigenvalue weighted by molar-refractivity contribution is 0.386. The zero-order valence-corrected chi connectivity index (χ0v) is 10.6. The van der Waals surface area contributed by atoms with Gasteiger partial charge in [0.2, 0.25) is 0 Å². The minimum absolute atomic E-state index is 0.747. The molecule has 86 valence electrons. The molecule has 1 N–H and O–H groups in total. The quantitative estimate of drug-likeness (QED) is 0.596. The number of aromatic amines is 1. The molecule has 0 saturated heterocycles. The van der Waals surface area contributed by atoms with Crippen LogP contribution in [-0.2, 0) is 13.0 Å². The molecule has 0 aromatic carbocycles. The van der Waals surface area contributed by atoms with Crippen LogP contribution in [0.25, 0.3) is 0 Å². The Morgan fingerprint density at radius 1 is 1.40 bits per heavy atom. The average Bonchev–Trinajstić information content (AvgIpc) is 2.54. The molecule has 1 aromatic rings. The Morgan fingerprint density at radius 3 is 2.73 bits per heavy atom. The summed E-state index contributed by atoms with van der Waals surface area (Å²) in [5, 5.41) is 7.03. The smallest absolute Gasteiger partial charge is 0.195 e. The minimum Gasteiger partial charge on any atom is -0.309 e. The van der Waals surface area contributed by atoms with Crippen LogP contribution in [0.2, 0.25) is 0 Å². The van der Waals surface area contributed by atoms with Crippen molar-refractivity contribution in [1.29, 1.82) is 0 Å². The molecule has 0 radical (unpaired) electrons. The van der Waals surface area contributed by atoms with Gasteiger partial charge in [-0.05, 0) is 45.7 Å². The van der Waals surface area contributed by atoms with Crippen molar-refractivity contribution in [2.24, 2.45) is 0 Å². The summed E-state index contributed by atoms with van der Waals surface area (Å²) in [7, 11) is 4.20. The lowest BCUT2D eigenvalue weighted by Crippen LogP contribution is -2.14. The predicted molar refractivity (Wildman–Crippen MR) is 64.6 cm³/mol. The van der Waals surface area contributed by atoms with Gasteiger partial charge in [-0.1, -0.05) is 6.92 Å². The summed E-state index contributed by atoms with van der Waals surface area (Å²) in [4.78, 5) is 2.20. The second kappa shape index (κ2) is 6.02. The van der Waals surface area contributed by atoms with Gasteiger partial charge in [-0.2, -0.15) is 5.10 Å². The zero-order valence-electron chi connectivity index (χ0n) is 9.79. The number of aromatic nitrogens is 3. The minimum atomic E-state index is 0.747. The third-order valence-corrected chi connectivity index (χ3v) is 2.70. The molecule has 0 unspecified atom stereocenters. The van der Waals surface area contributed by atoms with Gasteiger partial charge in [0.1, 0.15) is 5.82 Å². The molecular formula is C10H20N4S. The standard InChI is InChI=1S/C10H20N4S/c1-4-9-11-12-10(15)14(9)8-6-5-7-13(2)3/h4-8H2,1-3H3,(H,12,15). The van der Waals surface area contributed by atoms with Gasteiger partial charge in [0.25, 0.3) is 0 Å². The molecule has 4 nitrogen and oxygen atoms in total. The first-order valence-electron chi connectivity index (χ1n) is 5.44. The van der Waals surface area contributed by atoms with Gasteiger partial charge in [0, 0.05) is 13.0 Å². The molecule has 1 rings (SSSR count). The topological polar surface area (TPSA) is 36.9 Å². The van der Waals surface area contributed by atoms with E-state index in [2.05, 4.69) is 40.7 Å². The van der Waals surface area contributed by atoms with Crippen molar-refractivity contribution in [3.8, 4) is 0 Å². The second-order valence-corrected chi connectivity index (χ2v) is 4.35. The molecule has 1 aromatic heterocycles. The van der Waals surface area contributed by atoms with Crippen molar-refractivity contribution in [3.05, 3.63) is 10.6 Å². The number of nitrogens with zero attached hydrogens (tertiary/aromatic N) is 3. The Kier molecular flexibility index (Phi) is 4.98. The number of unbranched alkanes of at least 4 members (excludes halogenated alkanes) is 1. The van der Waals surface area contributed by atoms with Crippen molar-refractivity contribution < 1.29 is 0 Å². The molecule has 15 heavy (non-hydrogen) atoms. The molecule has 0 aliphatic rings. The molecule has 0 spiro atoms. The number of nitrogens with one attached hydrogen (secondary N) is 1. The molecule has 0 saturated carbocycles. The fourth-order valence-corrected chi connectivity index (χ4v) is 1.79. The van der Waals surface area contributed by atoms with Crippen LogP contribution in [0.5, 0.6) is 0 Å². The summed E-state index contributed by atoms with van der Waals surface area (Å²) < 4.78 is 2.85. The van der Waals surface area contributed by atoms with Gasteiger partial charge in [-0.25, -0.2) is 0 Å². The first-order valence-corrected chi connectivity index (χ1v) is 5.84. The van der Waals surface area contributed by atoms with Crippen LogP contribution in [0.1, 0.15) is 25.6 Å². The summed E-state index contributed by atoms with van der Waals surface area (Å²) in [6.07, 6.45) is 3.28. The van der Waals surface area contributed by atoms with Gasteiger partial charge < -0.3 is 9.47 Å². The van der Waals surface area contributed by atoms with Crippen LogP contribution in [0.4, 0.5) is 0 Å². The van der Waals surface area contributed by atoms with Crippen LogP contribution in [0, 0.1) is 4.77 Å². The Balaban J connectivity index is 2.43. The maximum atomic E-state index is 5.17. The van der Waals surface area contributed by atoms with Gasteiger partial charge in [0.05, 0.1) is 0 Å². The van der Waals surface area contributed by atoms with E-state index in [4.69, 9.17) is 12.2 Å². The van der Waals surface area contributed by atoms with Crippen LogP contribution < -0.4 is 0 Å². The first-order chi connectivity index (χ1) is 7.15. The van der Waals surface area contributed by atoms with Crippen molar-refractivity contribution in [2.45, 2.75) is 32.7 Å². The summed E-state index contributed by atoms with van der Waals surface area (Å²) in [5.41, 5.74) is 0. The van der Waals surface area contributed by atoms with Gasteiger partial charge in [-0.3, -0.25) is 5.10 Å². The van der Waals surface area contributed by atoms with Gasteiger partial charge in [0.15, 0.2) is 4.77 Å². The van der Waals surface area contributed by atoms with Crippen LogP contribution >= 0.6 is 12.2 Å². The summed E-state index contributed by atoms with van der Waals surface area (Å²) in [5.74, 6) is 1.06. The molecular weight excluding hydrogens is 208 g/mol. The molecule has 5 heteroatoms. The largest absolute Gasteiger partial charge is 0.309 e. The van der Waals surface area contributed by atoms with Crippen molar-refractivity contribution in [2.75, 3.05) is 20.6 Å². The van der Waals surface area contributed by atoms with Gasteiger partial charge in [-0.15, -0.1) is 0 Å². The number of aryl methyl sites for hydroxylation is 1. The molecule has 0 amide bonds. The predicted octanol–water partition coefficient (Wildman–Crippen LogP) is 1.84. The maximum Gasteiger partial charge on any atom is 0.195 e. The Labute approximate surface area is 96.3 Å². The Bertz CT molecular complexity index is 339. The third kappa shape index (κ3) is 3.76. The normalized spacial score (nSPS) is 11.2. The van der Waals surface area contributed by atoms with E-state index in [1.54, 1.807) is 0 Å². The molecule has 0 atom stereocenters. The number of H-pyrrole nitrogens is 1. The van der Waals surface area contributed by atoms with E-state index in [-0.39, 0.29) is 0 Å². The van der Waals surface area contributed by atoms with Crippen LogP contribution in [0.15, 0.2) is 0 Å². The van der Waals surface area contributed by atoms with Crippen LogP contribution in [-0.4, -0.2) is 40.3 Å². The van der Waals surface area contributed by atoms with E-state index in [0.29, 0.717) is 0 Å².